The first-order valence-electron chi connectivity index (χ1n) is 6.48. The molecule has 0 aromatic rings. The fraction of sp³-hybridized carbons (Fsp3) is 0.833. The maximum Gasteiger partial charge on any atom is 0.315 e. The number of nitrogens with zero attached hydrogens (tertiary/aromatic N) is 1. The summed E-state index contributed by atoms with van der Waals surface area (Å²) in [5, 5.41) is 14.5. The Labute approximate surface area is 108 Å². The molecule has 0 aromatic heterocycles. The van der Waals surface area contributed by atoms with Crippen LogP contribution in [-0.2, 0) is 4.79 Å². The average molecular weight is 257 g/mol. The molecule has 6 nitrogen and oxygen atoms in total. The molecule has 104 valence electrons. The summed E-state index contributed by atoms with van der Waals surface area (Å²) in [5.41, 5.74) is 0. The van der Waals surface area contributed by atoms with Gasteiger partial charge >= 0.3 is 12.0 Å². The van der Waals surface area contributed by atoms with Crippen LogP contribution in [0.15, 0.2) is 0 Å². The Hall–Kier alpha value is -1.30. The second-order valence-electron chi connectivity index (χ2n) is 4.84. The molecule has 0 heterocycles. The Morgan fingerprint density at radius 2 is 2.11 bits per heavy atom. The van der Waals surface area contributed by atoms with Crippen molar-refractivity contribution in [3.8, 4) is 0 Å². The van der Waals surface area contributed by atoms with E-state index in [9.17, 15) is 9.59 Å². The van der Waals surface area contributed by atoms with Crippen molar-refractivity contribution in [2.75, 3.05) is 26.7 Å². The number of likely N-dealkylation sites (N-methyl/N-ethyl adjacent to an activating group) is 1. The predicted molar refractivity (Wildman–Crippen MR) is 68.5 cm³/mol. The molecule has 0 aromatic carbocycles. The predicted octanol–water partition coefficient (Wildman–Crippen LogP) is 0.491. The molecule has 0 unspecified atom stereocenters. The number of hydrogen-bond acceptors (Lipinski definition) is 3. The molecule has 1 rings (SSSR count). The lowest BCUT2D eigenvalue weighted by Crippen LogP contribution is -2.43. The fourth-order valence-corrected chi connectivity index (χ4v) is 2.09. The minimum Gasteiger partial charge on any atom is -0.481 e. The van der Waals surface area contributed by atoms with E-state index in [0.717, 1.165) is 19.5 Å². The minimum absolute atomic E-state index is 0.00463. The van der Waals surface area contributed by atoms with Crippen molar-refractivity contribution in [2.24, 2.45) is 5.92 Å². The van der Waals surface area contributed by atoms with Gasteiger partial charge in [0.15, 0.2) is 0 Å². The molecular weight excluding hydrogens is 234 g/mol. The number of carbonyl (C=O) groups excluding carboxylic acids is 1. The third-order valence-corrected chi connectivity index (χ3v) is 3.44. The molecule has 18 heavy (non-hydrogen) atoms. The van der Waals surface area contributed by atoms with Gasteiger partial charge in [-0.15, -0.1) is 0 Å². The van der Waals surface area contributed by atoms with E-state index in [1.807, 2.05) is 7.05 Å². The van der Waals surface area contributed by atoms with E-state index in [1.54, 1.807) is 0 Å². The number of nitrogens with one attached hydrogen (secondary N) is 2. The van der Waals surface area contributed by atoms with E-state index in [4.69, 9.17) is 5.11 Å². The van der Waals surface area contributed by atoms with Gasteiger partial charge in [0.05, 0.1) is 5.92 Å². The van der Waals surface area contributed by atoms with E-state index in [1.165, 1.54) is 0 Å². The van der Waals surface area contributed by atoms with Crippen molar-refractivity contribution in [3.63, 3.8) is 0 Å². The molecule has 0 radical (unpaired) electrons. The van der Waals surface area contributed by atoms with Gasteiger partial charge in [-0.3, -0.25) is 4.79 Å². The van der Waals surface area contributed by atoms with Crippen molar-refractivity contribution < 1.29 is 14.7 Å². The van der Waals surface area contributed by atoms with Crippen LogP contribution in [0.5, 0.6) is 0 Å². The van der Waals surface area contributed by atoms with Gasteiger partial charge in [-0.1, -0.05) is 6.92 Å². The number of hydrogen-bond donors (Lipinski definition) is 3. The average Bonchev–Trinajstić information content (AvgIpc) is 2.77. The first-order valence-corrected chi connectivity index (χ1v) is 6.48. The molecule has 0 aliphatic heterocycles. The van der Waals surface area contributed by atoms with Crippen molar-refractivity contribution in [1.29, 1.82) is 0 Å². The molecule has 2 amide bonds. The van der Waals surface area contributed by atoms with Gasteiger partial charge in [-0.05, 0) is 32.9 Å². The molecule has 0 saturated heterocycles. The van der Waals surface area contributed by atoms with E-state index in [0.29, 0.717) is 19.4 Å². The molecule has 1 aliphatic rings. The van der Waals surface area contributed by atoms with E-state index >= 15 is 0 Å². The summed E-state index contributed by atoms with van der Waals surface area (Å²) in [6.07, 6.45) is 1.94. The normalized spacial score (nSPS) is 23.1. The van der Waals surface area contributed by atoms with Crippen molar-refractivity contribution in [2.45, 2.75) is 32.2 Å². The van der Waals surface area contributed by atoms with Gasteiger partial charge in [0.2, 0.25) is 0 Å². The van der Waals surface area contributed by atoms with Crippen LogP contribution in [0.3, 0.4) is 0 Å². The van der Waals surface area contributed by atoms with Crippen LogP contribution in [0.4, 0.5) is 4.79 Å². The quantitative estimate of drug-likeness (QED) is 0.647. The van der Waals surface area contributed by atoms with Crippen molar-refractivity contribution in [3.05, 3.63) is 0 Å². The van der Waals surface area contributed by atoms with Crippen molar-refractivity contribution >= 4 is 12.0 Å². The largest absolute Gasteiger partial charge is 0.481 e. The van der Waals surface area contributed by atoms with Crippen LogP contribution in [0.1, 0.15) is 26.2 Å². The number of amides is 2. The molecule has 2 atom stereocenters. The van der Waals surface area contributed by atoms with Crippen LogP contribution in [0.2, 0.25) is 0 Å². The summed E-state index contributed by atoms with van der Waals surface area (Å²) < 4.78 is 0. The Kier molecular flexibility index (Phi) is 5.91. The zero-order chi connectivity index (χ0) is 13.5. The van der Waals surface area contributed by atoms with Gasteiger partial charge in [0, 0.05) is 19.1 Å². The molecule has 1 saturated carbocycles. The Balaban J connectivity index is 2.15. The van der Waals surface area contributed by atoms with Gasteiger partial charge in [0.25, 0.3) is 0 Å². The van der Waals surface area contributed by atoms with E-state index in [-0.39, 0.29) is 18.0 Å². The smallest absolute Gasteiger partial charge is 0.315 e. The first-order chi connectivity index (χ1) is 8.52. The van der Waals surface area contributed by atoms with Gasteiger partial charge < -0.3 is 20.6 Å². The molecule has 0 spiro atoms. The summed E-state index contributed by atoms with van der Waals surface area (Å²) in [7, 11) is 1.99. The highest BCUT2D eigenvalue weighted by atomic mass is 16.4. The van der Waals surface area contributed by atoms with E-state index < -0.39 is 5.97 Å². The molecule has 3 N–H and O–H groups in total. The lowest BCUT2D eigenvalue weighted by atomic mass is 10.1. The number of aliphatic carboxylic acids is 1. The summed E-state index contributed by atoms with van der Waals surface area (Å²) in [4.78, 5) is 24.4. The number of carbonyl (C=O) groups is 2. The fourth-order valence-electron chi connectivity index (χ4n) is 2.09. The zero-order valence-electron chi connectivity index (χ0n) is 11.1. The van der Waals surface area contributed by atoms with E-state index in [2.05, 4.69) is 22.5 Å². The maximum atomic E-state index is 11.6. The Bertz CT molecular complexity index is 296. The SMILES string of the molecule is CCN(C)CCNC(=O)N[C@H]1CC[C@@H](C(=O)O)C1. The maximum absolute atomic E-state index is 11.6. The third-order valence-electron chi connectivity index (χ3n) is 3.44. The number of rotatable bonds is 6. The van der Waals surface area contributed by atoms with Crippen LogP contribution < -0.4 is 10.6 Å². The zero-order valence-corrected chi connectivity index (χ0v) is 11.1. The van der Waals surface area contributed by atoms with Gasteiger partial charge in [0.1, 0.15) is 0 Å². The highest BCUT2D eigenvalue weighted by Gasteiger charge is 2.30. The lowest BCUT2D eigenvalue weighted by Gasteiger charge is -2.16. The molecule has 1 aliphatic carbocycles. The molecule has 0 bridgehead atoms. The standard InChI is InChI=1S/C12H23N3O3/c1-3-15(2)7-6-13-12(18)14-10-5-4-9(8-10)11(16)17/h9-10H,3-8H2,1-2H3,(H,16,17)(H2,13,14,18)/t9-,10+/m1/s1. The topological polar surface area (TPSA) is 81.7 Å². The second-order valence-corrected chi connectivity index (χ2v) is 4.84. The Morgan fingerprint density at radius 3 is 2.67 bits per heavy atom. The summed E-state index contributed by atoms with van der Waals surface area (Å²) in [6.45, 7) is 4.43. The summed E-state index contributed by atoms with van der Waals surface area (Å²) in [6, 6.07) is -0.203. The van der Waals surface area contributed by atoms with Crippen molar-refractivity contribution in [1.82, 2.24) is 15.5 Å². The van der Waals surface area contributed by atoms with Crippen LogP contribution in [-0.4, -0.2) is 54.7 Å². The lowest BCUT2D eigenvalue weighted by molar-refractivity contribution is -0.141. The van der Waals surface area contributed by atoms with Crippen LogP contribution >= 0.6 is 0 Å². The highest BCUT2D eigenvalue weighted by Crippen LogP contribution is 2.25. The highest BCUT2D eigenvalue weighted by molar-refractivity contribution is 5.75. The third kappa shape index (κ3) is 4.91. The second kappa shape index (κ2) is 7.20. The minimum atomic E-state index is -0.760. The summed E-state index contributed by atoms with van der Waals surface area (Å²) >= 11 is 0. The van der Waals surface area contributed by atoms with Gasteiger partial charge in [-0.2, -0.15) is 0 Å². The number of carboxylic acids is 1. The molecule has 6 heteroatoms. The first kappa shape index (κ1) is 14.8. The van der Waals surface area contributed by atoms with Gasteiger partial charge in [-0.25, -0.2) is 4.79 Å². The molecular formula is C12H23N3O3. The van der Waals surface area contributed by atoms with Crippen LogP contribution in [0.25, 0.3) is 0 Å². The molecule has 1 fully saturated rings. The number of carboxylic acid groups (broad SMARTS) is 1. The number of urea groups is 1. The Morgan fingerprint density at radius 1 is 1.39 bits per heavy atom. The summed E-state index contributed by atoms with van der Waals surface area (Å²) in [5.74, 6) is -1.06. The van der Waals surface area contributed by atoms with Crippen LogP contribution in [0, 0.1) is 5.92 Å². The monoisotopic (exact) mass is 257 g/mol.